The molecule has 1 heterocycles. The molecule has 0 unspecified atom stereocenters. The highest BCUT2D eigenvalue weighted by Gasteiger charge is 1.99. The predicted molar refractivity (Wildman–Crippen MR) is 72.7 cm³/mol. The molecule has 1 aromatic rings. The highest BCUT2D eigenvalue weighted by Crippen LogP contribution is 2.09. The van der Waals surface area contributed by atoms with Crippen LogP contribution in [-0.4, -0.2) is 4.57 Å². The molecule has 0 aliphatic rings. The molecule has 1 rings (SSSR count). The number of aryl methyl sites for hydroxylation is 2. The molecule has 0 N–H and O–H groups in total. The van der Waals surface area contributed by atoms with Gasteiger partial charge in [-0.05, 0) is 25.7 Å². The second-order valence-electron chi connectivity index (χ2n) is 4.87. The molecule has 104 valence electrons. The van der Waals surface area contributed by atoms with E-state index < -0.39 is 0 Å². The van der Waals surface area contributed by atoms with Gasteiger partial charge in [-0.25, -0.2) is 9.13 Å². The van der Waals surface area contributed by atoms with Crippen LogP contribution in [0.1, 0.15) is 51.4 Å². The van der Waals surface area contributed by atoms with Crippen molar-refractivity contribution in [2.24, 2.45) is 7.05 Å². The van der Waals surface area contributed by atoms with Crippen molar-refractivity contribution in [1.82, 2.24) is 4.57 Å². The molecule has 0 aliphatic carbocycles. The number of unbranched alkanes of at least 4 members (excludes halogenated alkanes) is 7. The highest BCUT2D eigenvalue weighted by molar-refractivity contribution is 4.66. The second-order valence-corrected chi connectivity index (χ2v) is 4.87. The van der Waals surface area contributed by atoms with E-state index in [2.05, 4.69) is 41.5 Å². The van der Waals surface area contributed by atoms with Crippen LogP contribution in [0.15, 0.2) is 31.4 Å². The van der Waals surface area contributed by atoms with Crippen molar-refractivity contribution in [2.75, 3.05) is 0 Å². The third-order valence-corrected chi connectivity index (χ3v) is 3.15. The van der Waals surface area contributed by atoms with Crippen molar-refractivity contribution in [1.29, 1.82) is 0 Å². The van der Waals surface area contributed by atoms with Crippen LogP contribution in [0, 0.1) is 0 Å². The van der Waals surface area contributed by atoms with Crippen molar-refractivity contribution in [3.8, 4) is 0 Å². The maximum atomic E-state index is 3.75. The Morgan fingerprint density at radius 1 is 1.06 bits per heavy atom. The average molecular weight is 271 g/mol. The summed E-state index contributed by atoms with van der Waals surface area (Å²) in [4.78, 5) is 0. The summed E-state index contributed by atoms with van der Waals surface area (Å²) in [5, 5.41) is 0. The molecule has 0 aliphatic heterocycles. The Morgan fingerprint density at radius 3 is 2.22 bits per heavy atom. The van der Waals surface area contributed by atoms with Gasteiger partial charge >= 0.3 is 0 Å². The summed E-state index contributed by atoms with van der Waals surface area (Å²) in [6.45, 7) is 4.91. The van der Waals surface area contributed by atoms with E-state index in [1.165, 1.54) is 51.4 Å². The van der Waals surface area contributed by atoms with Gasteiger partial charge in [-0.1, -0.05) is 31.8 Å². The Morgan fingerprint density at radius 2 is 1.67 bits per heavy atom. The summed E-state index contributed by atoms with van der Waals surface area (Å²) in [5.41, 5.74) is 0. The lowest BCUT2D eigenvalue weighted by Crippen LogP contribution is -3.00. The molecule has 0 saturated carbocycles. The number of imidazole rings is 1. The zero-order valence-corrected chi connectivity index (χ0v) is 12.4. The molecule has 0 atom stereocenters. The first-order valence-corrected chi connectivity index (χ1v) is 6.95. The van der Waals surface area contributed by atoms with Gasteiger partial charge in [0, 0.05) is 0 Å². The van der Waals surface area contributed by atoms with Crippen LogP contribution in [0.5, 0.6) is 0 Å². The largest absolute Gasteiger partial charge is 1.00 e. The van der Waals surface area contributed by atoms with Gasteiger partial charge < -0.3 is 12.4 Å². The fourth-order valence-corrected chi connectivity index (χ4v) is 2.10. The number of allylic oxidation sites excluding steroid dienone is 1. The van der Waals surface area contributed by atoms with Crippen molar-refractivity contribution in [2.45, 2.75) is 57.9 Å². The first-order chi connectivity index (χ1) is 8.33. The predicted octanol–water partition coefficient (Wildman–Crippen LogP) is 0.623. The summed E-state index contributed by atoms with van der Waals surface area (Å²) in [6.07, 6.45) is 19.2. The average Bonchev–Trinajstić information content (AvgIpc) is 2.73. The van der Waals surface area contributed by atoms with Crippen LogP contribution >= 0.6 is 0 Å². The van der Waals surface area contributed by atoms with Crippen molar-refractivity contribution >= 4 is 0 Å². The molecule has 0 bridgehead atoms. The summed E-state index contributed by atoms with van der Waals surface area (Å²) in [5.74, 6) is 0. The molecule has 3 heteroatoms. The van der Waals surface area contributed by atoms with Crippen LogP contribution in [0.3, 0.4) is 0 Å². The molecule has 0 saturated heterocycles. The van der Waals surface area contributed by atoms with Gasteiger partial charge in [0.1, 0.15) is 12.4 Å². The van der Waals surface area contributed by atoms with Gasteiger partial charge in [0.25, 0.3) is 0 Å². The van der Waals surface area contributed by atoms with Crippen LogP contribution in [0.2, 0.25) is 0 Å². The van der Waals surface area contributed by atoms with E-state index in [9.17, 15) is 0 Å². The SMILES string of the molecule is C=CCCCCCCCCCn1cc[n+](C)c1.[Cl-]. The maximum Gasteiger partial charge on any atom is 0.243 e. The van der Waals surface area contributed by atoms with Crippen LogP contribution in [0.4, 0.5) is 0 Å². The smallest absolute Gasteiger partial charge is 0.243 e. The molecule has 0 radical (unpaired) electrons. The number of nitrogens with zero attached hydrogens (tertiary/aromatic N) is 2. The van der Waals surface area contributed by atoms with Gasteiger partial charge in [-0.3, -0.25) is 0 Å². The Hall–Kier alpha value is -0.760. The molecular formula is C15H27ClN2. The first kappa shape index (κ1) is 17.2. The molecule has 2 nitrogen and oxygen atoms in total. The molecule has 0 aromatic carbocycles. The monoisotopic (exact) mass is 270 g/mol. The Bertz CT molecular complexity index is 307. The highest BCUT2D eigenvalue weighted by atomic mass is 35.5. The summed E-state index contributed by atoms with van der Waals surface area (Å²) in [6, 6.07) is 0. The molecule has 0 spiro atoms. The van der Waals surface area contributed by atoms with E-state index in [-0.39, 0.29) is 12.4 Å². The molecule has 0 fully saturated rings. The number of hydrogen-bond acceptors (Lipinski definition) is 0. The molecule has 1 aromatic heterocycles. The van der Waals surface area contributed by atoms with Crippen LogP contribution < -0.4 is 17.0 Å². The van der Waals surface area contributed by atoms with Crippen molar-refractivity contribution in [3.63, 3.8) is 0 Å². The summed E-state index contributed by atoms with van der Waals surface area (Å²) in [7, 11) is 2.07. The Balaban J connectivity index is 0.00000289. The zero-order valence-electron chi connectivity index (χ0n) is 11.7. The van der Waals surface area contributed by atoms with Crippen molar-refractivity contribution in [3.05, 3.63) is 31.4 Å². The lowest BCUT2D eigenvalue weighted by Gasteiger charge is -2.00. The fourth-order valence-electron chi connectivity index (χ4n) is 2.10. The number of rotatable bonds is 10. The molecular weight excluding hydrogens is 244 g/mol. The van der Waals surface area contributed by atoms with E-state index in [1.54, 1.807) is 0 Å². The van der Waals surface area contributed by atoms with E-state index >= 15 is 0 Å². The number of aromatic nitrogens is 2. The topological polar surface area (TPSA) is 8.81 Å². The maximum absolute atomic E-state index is 3.75. The number of hydrogen-bond donors (Lipinski definition) is 0. The van der Waals surface area contributed by atoms with Gasteiger partial charge in [-0.15, -0.1) is 6.58 Å². The lowest BCUT2D eigenvalue weighted by molar-refractivity contribution is -0.671. The fraction of sp³-hybridized carbons (Fsp3) is 0.667. The summed E-state index contributed by atoms with van der Waals surface area (Å²) >= 11 is 0. The Kier molecular flexibility index (Phi) is 10.9. The van der Waals surface area contributed by atoms with Gasteiger partial charge in [-0.2, -0.15) is 0 Å². The van der Waals surface area contributed by atoms with E-state index in [1.807, 2.05) is 6.08 Å². The third kappa shape index (κ3) is 8.35. The standard InChI is InChI=1S/C15H27N2.ClH/c1-3-4-5-6-7-8-9-10-11-12-17-14-13-16(2)15-17;/h3,13-15H,1,4-12H2,2H3;1H/q+1;/p-1. The van der Waals surface area contributed by atoms with E-state index in [4.69, 9.17) is 0 Å². The van der Waals surface area contributed by atoms with E-state index in [0.29, 0.717) is 0 Å². The number of halogens is 1. The quantitative estimate of drug-likeness (QED) is 0.335. The summed E-state index contributed by atoms with van der Waals surface area (Å²) < 4.78 is 4.36. The third-order valence-electron chi connectivity index (χ3n) is 3.15. The van der Waals surface area contributed by atoms with E-state index in [0.717, 1.165) is 6.54 Å². The van der Waals surface area contributed by atoms with Crippen LogP contribution in [-0.2, 0) is 13.6 Å². The van der Waals surface area contributed by atoms with Crippen molar-refractivity contribution < 1.29 is 17.0 Å². The lowest BCUT2D eigenvalue weighted by atomic mass is 10.1. The van der Waals surface area contributed by atoms with Gasteiger partial charge in [0.15, 0.2) is 0 Å². The second kappa shape index (κ2) is 11.3. The van der Waals surface area contributed by atoms with Gasteiger partial charge in [0.05, 0.1) is 13.6 Å². The van der Waals surface area contributed by atoms with Crippen LogP contribution in [0.25, 0.3) is 0 Å². The van der Waals surface area contributed by atoms with Gasteiger partial charge in [0.2, 0.25) is 6.33 Å². The first-order valence-electron chi connectivity index (χ1n) is 6.95. The zero-order chi connectivity index (χ0) is 12.3. The Labute approximate surface area is 118 Å². The minimum atomic E-state index is 0. The minimum absolute atomic E-state index is 0. The normalized spacial score (nSPS) is 10.1. The molecule has 0 amide bonds. The minimum Gasteiger partial charge on any atom is -1.00 e. The molecule has 18 heavy (non-hydrogen) atoms.